The smallest absolute Gasteiger partial charge is 0.550 e. The van der Waals surface area contributed by atoms with Crippen LogP contribution in [0.4, 0.5) is 0 Å². The van der Waals surface area contributed by atoms with E-state index in [-0.39, 0.29) is 353 Å². The van der Waals surface area contributed by atoms with Crippen LogP contribution in [0.3, 0.4) is 0 Å². The molecule has 64 heteroatoms. The van der Waals surface area contributed by atoms with Gasteiger partial charge in [-0.15, -0.1) is 23.0 Å². The van der Waals surface area contributed by atoms with E-state index in [1.54, 1.807) is 0 Å². The molecule has 0 amide bonds. The Hall–Kier alpha value is 4.92. The summed E-state index contributed by atoms with van der Waals surface area (Å²) >= 11 is 8.17. The zero-order valence-electron chi connectivity index (χ0n) is 75.5. The number of thioether (sulfide) groups is 8. The molecule has 30 fully saturated rings. The molecule has 30 saturated heterocycles. The second-order valence-corrected chi connectivity index (χ2v) is 37.6. The topological polar surface area (TPSA) is 768 Å². The number of aliphatic carboxylic acids is 4. The predicted octanol–water partition coefficient (Wildman–Crippen LogP) is -37.9. The van der Waals surface area contributed by atoms with Gasteiger partial charge in [0.1, 0.15) is 146 Å². The fourth-order valence-corrected chi connectivity index (χ4v) is 20.6. The molecule has 0 radical (unpaired) electrons. The number of hydrogen-bond acceptors (Lipinski definition) is 56. The molecule has 136 heavy (non-hydrogen) atoms. The molecule has 0 aromatic rings. The first-order valence-electron chi connectivity index (χ1n) is 38.9. The second kappa shape index (κ2) is 79.0. The zero-order valence-corrected chi connectivity index (χ0v) is 98.1. The standard InChI is InChI=1S/C68H108O40S8.4CO2.8Na/c1-5-109-17-25-53-37(77)45(85)61(93-25)102-54-26(18-110-6-2)95-63(47(87)39(54)79)105-57-29(21-113-13-9-33(69)70)97-65(49(89)41(57)81)104-56-28(20-112-8-4)96-64(48(88)40(56)80)106-58-30(22-114-14-10-34(71)72)99-67(51(91)43(58)83)108-60-32(24-116-16-12-36(75)76)100-68(52(92)44(60)84)107-59-31(23-115-15-11-35(73)74)98-66(50(90)42(59)82)103-55-27(19-111-7-3)94-62(101-53)46(86)38(55)78;4*2-1-3;;;;;;;;/h25-32,37-68,77-92H,1-24H2,(H,69,70)(H,71,72)(H,73,74)(H,75,76);;;;;;;;;;;;/q-4;;;;;8*+1/p-4. The fourth-order valence-electron chi connectivity index (χ4n) is 14.0. The molecular formula is C72H104Na8O48S8. The van der Waals surface area contributed by atoms with Crippen LogP contribution in [0, 0.1) is 27.7 Å². The van der Waals surface area contributed by atoms with Gasteiger partial charge in [0.05, 0.1) is 48.8 Å². The van der Waals surface area contributed by atoms with Crippen LogP contribution in [-0.2, 0) is 133 Å². The average molecular weight is 2180 g/mol. The van der Waals surface area contributed by atoms with Gasteiger partial charge in [0, 0.05) is 69.9 Å². The van der Waals surface area contributed by atoms with Crippen molar-refractivity contribution < 1.29 is 472 Å². The Kier molecular flexibility index (Phi) is 85.4. The van der Waals surface area contributed by atoms with E-state index in [0.29, 0.717) is 0 Å². The molecule has 0 aliphatic carbocycles. The summed E-state index contributed by atoms with van der Waals surface area (Å²) in [6.07, 6.45) is -77.1. The van der Waals surface area contributed by atoms with Crippen molar-refractivity contribution >= 4 is 143 Å². The van der Waals surface area contributed by atoms with E-state index in [1.165, 1.54) is 0 Å². The first kappa shape index (κ1) is 147. The number of ether oxygens (including phenoxy) is 16. The Morgan fingerprint density at radius 1 is 0.206 bits per heavy atom. The van der Waals surface area contributed by atoms with Crippen molar-refractivity contribution in [1.29, 1.82) is 0 Å². The summed E-state index contributed by atoms with van der Waals surface area (Å²) in [6, 6.07) is 0. The molecule has 0 aromatic carbocycles. The molecule has 736 valence electrons. The number of aliphatic hydroxyl groups is 16. The van der Waals surface area contributed by atoms with Crippen molar-refractivity contribution in [2.45, 2.75) is 271 Å². The van der Waals surface area contributed by atoms with Crippen molar-refractivity contribution in [3.05, 3.63) is 27.7 Å². The summed E-state index contributed by atoms with van der Waals surface area (Å²) in [5.41, 5.74) is 0. The Bertz CT molecular complexity index is 3380. The maximum absolute atomic E-state index is 12.2. The first-order valence-corrected chi connectivity index (χ1v) is 48.1. The Labute approximate surface area is 992 Å². The third-order valence-electron chi connectivity index (χ3n) is 20.1. The summed E-state index contributed by atoms with van der Waals surface area (Å²) < 4.78 is 100. The maximum atomic E-state index is 12.2. The monoisotopic (exact) mass is 2180 g/mol. The summed E-state index contributed by atoms with van der Waals surface area (Å²) in [6.45, 7) is 15.4. The van der Waals surface area contributed by atoms with Crippen LogP contribution >= 0.6 is 94.1 Å². The minimum Gasteiger partial charge on any atom is -0.550 e. The van der Waals surface area contributed by atoms with Crippen molar-refractivity contribution in [3.63, 3.8) is 0 Å². The molecule has 0 aromatic heterocycles. The second-order valence-electron chi connectivity index (χ2n) is 28.4. The van der Waals surface area contributed by atoms with Crippen molar-refractivity contribution in [2.75, 3.05) is 92.0 Å². The molecule has 40 unspecified atom stereocenters. The maximum Gasteiger partial charge on any atom is 1.00 e. The van der Waals surface area contributed by atoms with E-state index in [2.05, 4.69) is 27.7 Å². The number of carboxylic acid groups (broad SMARTS) is 4. The van der Waals surface area contributed by atoms with Crippen LogP contribution in [0.5, 0.6) is 0 Å². The third kappa shape index (κ3) is 45.5. The van der Waals surface area contributed by atoms with Crippen LogP contribution in [0.1, 0.15) is 25.7 Å². The van der Waals surface area contributed by atoms with E-state index >= 15 is 0 Å². The van der Waals surface area contributed by atoms with E-state index < -0.39 is 295 Å². The fraction of sp³-hybridized carbons (Fsp3) is 0.833. The van der Waals surface area contributed by atoms with Crippen molar-refractivity contribution in [1.82, 2.24) is 0 Å². The van der Waals surface area contributed by atoms with Crippen molar-refractivity contribution in [3.8, 4) is 0 Å². The molecule has 0 saturated carbocycles. The van der Waals surface area contributed by atoms with Gasteiger partial charge in [-0.2, -0.15) is 132 Å². The Morgan fingerprint density at radius 3 is 0.404 bits per heavy atom. The van der Waals surface area contributed by atoms with Crippen LogP contribution in [-0.4, -0.2) is 468 Å². The predicted molar refractivity (Wildman–Crippen MR) is 423 cm³/mol. The van der Waals surface area contributed by atoms with Gasteiger partial charge < -0.3 is 225 Å². The van der Waals surface area contributed by atoms with Gasteiger partial charge in [0.25, 0.3) is 0 Å². The molecule has 48 nitrogen and oxygen atoms in total. The summed E-state index contributed by atoms with van der Waals surface area (Å²) in [5.74, 6) is -7.46. The number of carbonyl (C=O) groups excluding carboxylic acids is 12. The SMILES string of the molecule is O=C=O.O=C=O.O=C=O.O=C=O.[CH2-]CSCC1OC2OC3C(CSC[CH2-])OC(OC4C(CSCCC(=O)[O-])OC(OC5C(CSC[CH2-])OC(OC6C(CSCCC(=O)[O-])OC(OC7C(CSCCC(=O)[O-])OC(OC8C(CSCCC(=O)[O-])OC(OC9C(CSC[CH2-])OC(OC1C(O)C2O)C(O)C9O)C(O)C8O)C(O)C7O)C(O)C6O)C(O)C5O)C(O)C4O)C(O)C3O.[Na+].[Na+].[Na+].[Na+].[Na+].[Na+].[Na+].[Na+]. The minimum atomic E-state index is -2.26. The summed E-state index contributed by atoms with van der Waals surface area (Å²) in [4.78, 5) is 111. The van der Waals surface area contributed by atoms with Gasteiger partial charge >= 0.3 is 261 Å². The average Bonchev–Trinajstić information content (AvgIpc) is 0.767. The van der Waals surface area contributed by atoms with E-state index in [0.717, 1.165) is 94.1 Å². The molecule has 30 rings (SSSR count). The normalized spacial score (nSPS) is 38.4. The Morgan fingerprint density at radius 2 is 0.309 bits per heavy atom. The quantitative estimate of drug-likeness (QED) is 0.0169. The van der Waals surface area contributed by atoms with Gasteiger partial charge in [-0.3, -0.25) is 0 Å². The molecule has 16 N–H and O–H groups in total. The number of aliphatic hydroxyl groups excluding tert-OH is 16. The van der Waals surface area contributed by atoms with E-state index in [9.17, 15) is 121 Å². The van der Waals surface area contributed by atoms with Gasteiger partial charge in [0.15, 0.2) is 50.3 Å². The third-order valence-corrected chi connectivity index (χ3v) is 27.7. The number of hydrogen-bond donors (Lipinski definition) is 16. The van der Waals surface area contributed by atoms with Crippen LogP contribution < -0.4 is 257 Å². The summed E-state index contributed by atoms with van der Waals surface area (Å²) in [7, 11) is 0. The molecule has 0 spiro atoms. The molecule has 40 atom stereocenters. The molecule has 30 heterocycles. The minimum absolute atomic E-state index is 0. The van der Waals surface area contributed by atoms with Crippen molar-refractivity contribution in [2.24, 2.45) is 0 Å². The molecule has 16 bridgehead atoms. The summed E-state index contributed by atoms with van der Waals surface area (Å²) in [5, 5.41) is 240. The molecule has 30 aliphatic heterocycles. The number of carbonyl (C=O) groups is 4. The van der Waals surface area contributed by atoms with Crippen LogP contribution in [0.15, 0.2) is 0 Å². The first-order chi connectivity index (χ1) is 61.0. The number of rotatable bonds is 32. The van der Waals surface area contributed by atoms with Gasteiger partial charge in [0.2, 0.25) is 0 Å². The van der Waals surface area contributed by atoms with E-state index in [4.69, 9.17) is 114 Å². The van der Waals surface area contributed by atoms with Crippen LogP contribution in [0.2, 0.25) is 0 Å². The zero-order chi connectivity index (χ0) is 95.3. The van der Waals surface area contributed by atoms with E-state index in [1.807, 2.05) is 0 Å². The van der Waals surface area contributed by atoms with Gasteiger partial charge in [-0.05, 0) is 48.7 Å². The largest absolute Gasteiger partial charge is 1.00 e. The van der Waals surface area contributed by atoms with Gasteiger partial charge in [-0.1, -0.05) is 0 Å². The molecular weight excluding hydrogens is 2070 g/mol. The molecule has 30 aliphatic rings. The van der Waals surface area contributed by atoms with Crippen LogP contribution in [0.25, 0.3) is 0 Å². The van der Waals surface area contributed by atoms with Gasteiger partial charge in [-0.25, -0.2) is 0 Å². The number of carboxylic acids is 4. The Balaban J connectivity index is -0.00000413.